The van der Waals surface area contributed by atoms with Crippen molar-refractivity contribution in [2.45, 2.75) is 86.1 Å². The molecular weight excluding hydrogens is 1110 g/mol. The van der Waals surface area contributed by atoms with Gasteiger partial charge in [-0.3, -0.25) is 19.3 Å². The Morgan fingerprint density at radius 3 is 1.39 bits per heavy atom. The van der Waals surface area contributed by atoms with E-state index in [-0.39, 0.29) is 93.0 Å². The number of carbonyl (C=O) groups excluding carboxylic acids is 5. The topological polar surface area (TPSA) is 181 Å². The van der Waals surface area contributed by atoms with Gasteiger partial charge in [0.2, 0.25) is 5.78 Å². The van der Waals surface area contributed by atoms with Crippen molar-refractivity contribution < 1.29 is 61.7 Å². The maximum Gasteiger partial charge on any atom is 0.333 e. The number of nitrogens with zero attached hydrogens (tertiary/aromatic N) is 2. The van der Waals surface area contributed by atoms with Crippen molar-refractivity contribution >= 4 is 56.8 Å². The van der Waals surface area contributed by atoms with E-state index < -0.39 is 12.1 Å². The predicted molar refractivity (Wildman–Crippen MR) is 321 cm³/mol. The van der Waals surface area contributed by atoms with E-state index in [1.165, 1.54) is 55.5 Å². The molecule has 0 unspecified atom stereocenters. The fourth-order valence-electron chi connectivity index (χ4n) is 10.3. The summed E-state index contributed by atoms with van der Waals surface area (Å²) < 4.78 is 43.6. The lowest BCUT2D eigenvalue weighted by atomic mass is 9.82. The minimum atomic E-state index is -0.737. The van der Waals surface area contributed by atoms with Crippen molar-refractivity contribution in [2.75, 3.05) is 68.4 Å². The normalized spacial score (nSPS) is 20.3. The van der Waals surface area contributed by atoms with E-state index in [4.69, 9.17) is 14.6 Å². The number of benzene rings is 6. The standard InChI is InChI=1S/C29H29FN2O4.C21H23FN2O2.C8H7BrO2.C4H8O2.3CH4/c30-23-8-10-24(11-9-23)31-28(22-4-2-1-3-5-22)29(35)36-27-19-32(16-14-21(27)15-17-32)18-26(34)20-6-12-25(33)13-7-20;22-17-6-8-18(9-7-17)23-20(16-4-2-1-3-5-16)21(25)26-19-14-24-12-10-15(19)11-13-24;9-5-8(11)6-1-3-7(10)4-2-6;1-3-6-4(2)5;;;/h1-13,21,27-28,31H,14-19H2;1-9,15,19-20,23H,10-14H2;1-4,10H,5H2;3H2,1-2H3;3*1H4/p+1/t21?,27-,28+,32?;19-,20+;;;;;/m00...../s1. The van der Waals surface area contributed by atoms with Gasteiger partial charge >= 0.3 is 17.9 Å². The maximum absolute atomic E-state index is 13.5. The minimum Gasteiger partial charge on any atom is -0.508 e. The number of phenols is 2. The molecule has 82 heavy (non-hydrogen) atoms. The lowest BCUT2D eigenvalue weighted by Gasteiger charge is -2.51. The number of esters is 3. The van der Waals surface area contributed by atoms with Gasteiger partial charge in [0.15, 0.2) is 24.0 Å². The molecule has 6 aliphatic rings. The Morgan fingerprint density at radius 2 is 1.01 bits per heavy atom. The highest BCUT2D eigenvalue weighted by molar-refractivity contribution is 9.09. The number of quaternary nitrogens is 1. The first-order chi connectivity index (χ1) is 38.1. The quantitative estimate of drug-likeness (QED) is 0.0237. The average Bonchev–Trinajstić information content (AvgIpc) is 3.46. The monoisotopic (exact) mass is 1190 g/mol. The Labute approximate surface area is 490 Å². The zero-order valence-electron chi connectivity index (χ0n) is 44.4. The van der Waals surface area contributed by atoms with Crippen LogP contribution in [0.1, 0.15) is 106 Å². The lowest BCUT2D eigenvalue weighted by molar-refractivity contribution is -0.938. The predicted octanol–water partition coefficient (Wildman–Crippen LogP) is 12.8. The van der Waals surface area contributed by atoms with Gasteiger partial charge in [-0.15, -0.1) is 0 Å². The second-order valence-corrected chi connectivity index (χ2v) is 20.6. The molecule has 4 bridgehead atoms. The van der Waals surface area contributed by atoms with Crippen LogP contribution in [0.25, 0.3) is 0 Å². The van der Waals surface area contributed by atoms with Crippen LogP contribution in [0.3, 0.4) is 0 Å². The summed E-state index contributed by atoms with van der Waals surface area (Å²) in [4.78, 5) is 62.7. The molecule has 4 N–H and O–H groups in total. The molecule has 12 rings (SSSR count). The maximum atomic E-state index is 13.5. The highest BCUT2D eigenvalue weighted by atomic mass is 79.9. The number of nitrogens with one attached hydrogen (secondary N) is 2. The molecule has 6 heterocycles. The number of aromatic hydroxyl groups is 2. The van der Waals surface area contributed by atoms with Crippen LogP contribution >= 0.6 is 15.9 Å². The minimum absolute atomic E-state index is 0. The van der Waals surface area contributed by atoms with Crippen LogP contribution in [0.5, 0.6) is 11.5 Å². The molecule has 4 atom stereocenters. The zero-order chi connectivity index (χ0) is 56.3. The Hall–Kier alpha value is -7.47. The number of alkyl halides is 1. The van der Waals surface area contributed by atoms with E-state index in [1.807, 2.05) is 60.7 Å². The molecule has 0 spiro atoms. The van der Waals surface area contributed by atoms with Gasteiger partial charge in [-0.2, -0.15) is 0 Å². The molecule has 0 aliphatic carbocycles. The number of halogens is 3. The highest BCUT2D eigenvalue weighted by Gasteiger charge is 2.49. The summed E-state index contributed by atoms with van der Waals surface area (Å²) in [5, 5.41) is 25.1. The summed E-state index contributed by atoms with van der Waals surface area (Å²) in [6, 6.07) is 42.0. The van der Waals surface area contributed by atoms with Gasteiger partial charge in [0.25, 0.3) is 0 Å². The third kappa shape index (κ3) is 19.6. The van der Waals surface area contributed by atoms with Crippen molar-refractivity contribution in [3.05, 3.63) is 192 Å². The van der Waals surface area contributed by atoms with E-state index in [0.29, 0.717) is 57.9 Å². The SMILES string of the molecule is C.C.C.CCOC(C)=O.O=C(CBr)c1ccc(O)cc1.O=C(C[N+]12CCC(CC1)[C@@H](OC(=O)[C@H](Nc1ccc(F)cc1)c1ccccc1)C2)c1ccc(O)cc1.O=C(O[C@H]1CN2CCC1CC2)[C@H](Nc1ccc(F)cc1)c1ccccc1. The first kappa shape index (κ1) is 67.0. The second kappa shape index (κ2) is 32.8. The van der Waals surface area contributed by atoms with Crippen LogP contribution in [0.15, 0.2) is 158 Å². The van der Waals surface area contributed by atoms with E-state index in [2.05, 4.69) is 36.2 Å². The van der Waals surface area contributed by atoms with Gasteiger partial charge in [0, 0.05) is 54.7 Å². The van der Waals surface area contributed by atoms with Gasteiger partial charge < -0.3 is 39.5 Å². The third-order valence-corrected chi connectivity index (χ3v) is 15.1. The zero-order valence-corrected chi connectivity index (χ0v) is 45.9. The first-order valence-electron chi connectivity index (χ1n) is 26.6. The van der Waals surface area contributed by atoms with Crippen molar-refractivity contribution in [3.8, 4) is 11.5 Å². The Bertz CT molecular complexity index is 2910. The Morgan fingerprint density at radius 1 is 0.598 bits per heavy atom. The highest BCUT2D eigenvalue weighted by Crippen LogP contribution is 2.37. The van der Waals surface area contributed by atoms with Crippen molar-refractivity contribution in [2.24, 2.45) is 11.8 Å². The molecule has 6 aromatic carbocycles. The van der Waals surface area contributed by atoms with Crippen LogP contribution in [0, 0.1) is 23.5 Å². The number of phenolic OH excluding ortho intramolecular Hbond substituents is 2. The van der Waals surface area contributed by atoms with Crippen molar-refractivity contribution in [3.63, 3.8) is 0 Å². The number of hydrogen-bond donors (Lipinski definition) is 4. The molecular formula is C65H80BrF2N4O10+. The second-order valence-electron chi connectivity index (χ2n) is 20.0. The van der Waals surface area contributed by atoms with Gasteiger partial charge in [-0.05, 0) is 147 Å². The fraction of sp³-hybridized carbons (Fsp3) is 0.369. The van der Waals surface area contributed by atoms with E-state index in [9.17, 15) is 37.9 Å². The molecule has 0 radical (unpaired) electrons. The number of hydrogen-bond acceptors (Lipinski definition) is 13. The van der Waals surface area contributed by atoms with Crippen LogP contribution in [-0.4, -0.2) is 119 Å². The van der Waals surface area contributed by atoms with Crippen LogP contribution in [-0.2, 0) is 28.6 Å². The van der Waals surface area contributed by atoms with E-state index >= 15 is 0 Å². The number of Topliss-reactive ketones (excluding diaryl/α,β-unsaturated/α-hetero) is 2. The number of ether oxygens (including phenoxy) is 3. The van der Waals surface area contributed by atoms with Gasteiger partial charge in [0.05, 0.1) is 25.0 Å². The summed E-state index contributed by atoms with van der Waals surface area (Å²) in [6.07, 6.45) is 3.70. The molecule has 6 saturated heterocycles. The molecule has 0 amide bonds. The number of anilines is 2. The Balaban J connectivity index is 0.000000273. The molecule has 6 aromatic rings. The summed E-state index contributed by atoms with van der Waals surface area (Å²) in [5.74, 6) is -0.423. The third-order valence-electron chi connectivity index (χ3n) is 14.5. The molecule has 6 fully saturated rings. The van der Waals surface area contributed by atoms with Gasteiger partial charge in [-0.25, -0.2) is 18.4 Å². The summed E-state index contributed by atoms with van der Waals surface area (Å²) >= 11 is 3.06. The van der Waals surface area contributed by atoms with Crippen LogP contribution in [0.4, 0.5) is 20.2 Å². The number of piperidine rings is 6. The fourth-order valence-corrected chi connectivity index (χ4v) is 10.6. The van der Waals surface area contributed by atoms with Crippen molar-refractivity contribution in [1.82, 2.24) is 4.90 Å². The molecule has 0 saturated carbocycles. The summed E-state index contributed by atoms with van der Waals surface area (Å²) in [6.45, 7) is 9.43. The first-order valence-corrected chi connectivity index (χ1v) is 27.7. The Kier molecular flexibility index (Phi) is 26.8. The molecule has 6 aliphatic heterocycles. The van der Waals surface area contributed by atoms with Gasteiger partial charge in [-0.1, -0.05) is 98.9 Å². The number of ketones is 2. The van der Waals surface area contributed by atoms with Crippen LogP contribution < -0.4 is 10.6 Å². The molecule has 14 nitrogen and oxygen atoms in total. The van der Waals surface area contributed by atoms with E-state index in [1.54, 1.807) is 55.5 Å². The number of fused-ring (bicyclic) bond motifs is 6. The smallest absolute Gasteiger partial charge is 0.333 e. The molecule has 17 heteroatoms. The summed E-state index contributed by atoms with van der Waals surface area (Å²) in [7, 11) is 0. The lowest BCUT2D eigenvalue weighted by Crippen LogP contribution is -2.65. The van der Waals surface area contributed by atoms with Crippen LogP contribution in [0.2, 0.25) is 0 Å². The molecule has 0 aromatic heterocycles. The number of carbonyl (C=O) groups is 5. The average molecular weight is 1200 g/mol. The van der Waals surface area contributed by atoms with E-state index in [0.717, 1.165) is 69.5 Å². The van der Waals surface area contributed by atoms with Gasteiger partial charge in [0.1, 0.15) is 42.3 Å². The summed E-state index contributed by atoms with van der Waals surface area (Å²) in [5.41, 5.74) is 4.10. The largest absolute Gasteiger partial charge is 0.508 e. The van der Waals surface area contributed by atoms with Crippen molar-refractivity contribution in [1.29, 1.82) is 0 Å². The molecule has 440 valence electrons. The number of rotatable bonds is 16.